The van der Waals surface area contributed by atoms with Gasteiger partial charge < -0.3 is 5.32 Å². The van der Waals surface area contributed by atoms with E-state index in [1.807, 2.05) is 24.3 Å². The molecule has 5 nitrogen and oxygen atoms in total. The molecule has 0 fully saturated rings. The standard InChI is InChI=1S/C14H10BrN3O2S/c15-10-6-9-2-1-3-12(14(9)17-7-10)16-8-11-4-5-13(21-11)18(19)20/h1-7,16H,8H2. The molecule has 0 saturated carbocycles. The number of fused-ring (bicyclic) bond motifs is 1. The van der Waals surface area contributed by atoms with Crippen molar-refractivity contribution in [3.63, 3.8) is 0 Å². The van der Waals surface area contributed by atoms with Gasteiger partial charge >= 0.3 is 5.00 Å². The molecule has 2 aromatic heterocycles. The first-order valence-corrected chi connectivity index (χ1v) is 7.76. The van der Waals surface area contributed by atoms with Crippen LogP contribution in [0, 0.1) is 10.1 Å². The van der Waals surface area contributed by atoms with E-state index in [2.05, 4.69) is 26.2 Å². The summed E-state index contributed by atoms with van der Waals surface area (Å²) in [5.41, 5.74) is 1.79. The molecule has 2 heterocycles. The lowest BCUT2D eigenvalue weighted by Crippen LogP contribution is -1.98. The topological polar surface area (TPSA) is 68.1 Å². The largest absolute Gasteiger partial charge is 0.378 e. The summed E-state index contributed by atoms with van der Waals surface area (Å²) < 4.78 is 0.932. The minimum atomic E-state index is -0.370. The van der Waals surface area contributed by atoms with E-state index in [1.54, 1.807) is 12.3 Å². The number of nitrogens with zero attached hydrogens (tertiary/aromatic N) is 2. The van der Waals surface area contributed by atoms with Crippen LogP contribution >= 0.6 is 27.3 Å². The highest BCUT2D eigenvalue weighted by molar-refractivity contribution is 9.10. The number of anilines is 1. The summed E-state index contributed by atoms with van der Waals surface area (Å²) in [6.45, 7) is 0.537. The van der Waals surface area contributed by atoms with Gasteiger partial charge in [0.25, 0.3) is 0 Å². The Labute approximate surface area is 132 Å². The number of benzene rings is 1. The second kappa shape index (κ2) is 5.79. The lowest BCUT2D eigenvalue weighted by Gasteiger charge is -2.08. The van der Waals surface area contributed by atoms with Gasteiger partial charge in [0, 0.05) is 33.5 Å². The van der Waals surface area contributed by atoms with Gasteiger partial charge in [-0.2, -0.15) is 0 Å². The van der Waals surface area contributed by atoms with Crippen LogP contribution in [0.3, 0.4) is 0 Å². The number of rotatable bonds is 4. The first kappa shape index (κ1) is 14.0. The molecule has 3 rings (SSSR count). The number of halogens is 1. The summed E-state index contributed by atoms with van der Waals surface area (Å²) in [5, 5.41) is 15.2. The lowest BCUT2D eigenvalue weighted by atomic mass is 10.2. The van der Waals surface area contributed by atoms with Gasteiger partial charge in [-0.25, -0.2) is 0 Å². The van der Waals surface area contributed by atoms with Crippen LogP contribution < -0.4 is 5.32 Å². The second-order valence-corrected chi connectivity index (χ2v) is 6.44. The molecule has 1 N–H and O–H groups in total. The molecule has 0 aliphatic heterocycles. The fourth-order valence-corrected chi connectivity index (χ4v) is 3.13. The Hall–Kier alpha value is -1.99. The summed E-state index contributed by atoms with van der Waals surface area (Å²) in [6.07, 6.45) is 1.75. The van der Waals surface area contributed by atoms with Crippen molar-refractivity contribution in [2.45, 2.75) is 6.54 Å². The van der Waals surface area contributed by atoms with Gasteiger partial charge in [0.05, 0.1) is 16.1 Å². The molecule has 0 amide bonds. The molecule has 7 heteroatoms. The fourth-order valence-electron chi connectivity index (χ4n) is 2.02. The van der Waals surface area contributed by atoms with Crippen LogP contribution in [0.5, 0.6) is 0 Å². The Morgan fingerprint density at radius 2 is 2.19 bits per heavy atom. The molecule has 0 radical (unpaired) electrons. The van der Waals surface area contributed by atoms with Crippen molar-refractivity contribution in [1.82, 2.24) is 4.98 Å². The summed E-state index contributed by atoms with van der Waals surface area (Å²) in [4.78, 5) is 15.6. The number of hydrogen-bond donors (Lipinski definition) is 1. The normalized spacial score (nSPS) is 10.7. The van der Waals surface area contributed by atoms with Gasteiger partial charge in [-0.3, -0.25) is 15.1 Å². The Morgan fingerprint density at radius 1 is 1.33 bits per heavy atom. The van der Waals surface area contributed by atoms with Gasteiger partial charge in [-0.05, 0) is 34.1 Å². The van der Waals surface area contributed by atoms with Crippen LogP contribution in [0.25, 0.3) is 10.9 Å². The zero-order valence-electron chi connectivity index (χ0n) is 10.7. The first-order valence-electron chi connectivity index (χ1n) is 6.15. The number of aromatic nitrogens is 1. The predicted octanol–water partition coefficient (Wildman–Crippen LogP) is 4.58. The maximum Gasteiger partial charge on any atom is 0.324 e. The van der Waals surface area contributed by atoms with Crippen LogP contribution in [0.4, 0.5) is 10.7 Å². The molecule has 0 saturated heterocycles. The van der Waals surface area contributed by atoms with E-state index in [4.69, 9.17) is 0 Å². The van der Waals surface area contributed by atoms with Crippen molar-refractivity contribution in [3.05, 3.63) is 62.1 Å². The maximum atomic E-state index is 10.7. The SMILES string of the molecule is O=[N+]([O-])c1ccc(CNc2cccc3cc(Br)cnc23)s1. The number of nitro groups is 1. The fraction of sp³-hybridized carbons (Fsp3) is 0.0714. The van der Waals surface area contributed by atoms with E-state index in [-0.39, 0.29) is 9.92 Å². The van der Waals surface area contributed by atoms with Crippen LogP contribution in [0.15, 0.2) is 47.1 Å². The quantitative estimate of drug-likeness (QED) is 0.544. The molecule has 0 unspecified atom stereocenters. The zero-order valence-corrected chi connectivity index (χ0v) is 13.1. The van der Waals surface area contributed by atoms with E-state index >= 15 is 0 Å². The van der Waals surface area contributed by atoms with Crippen molar-refractivity contribution in [2.24, 2.45) is 0 Å². The first-order chi connectivity index (χ1) is 10.1. The lowest BCUT2D eigenvalue weighted by molar-refractivity contribution is -0.380. The van der Waals surface area contributed by atoms with Crippen molar-refractivity contribution in [2.75, 3.05) is 5.32 Å². The van der Waals surface area contributed by atoms with Crippen LogP contribution in [0.2, 0.25) is 0 Å². The monoisotopic (exact) mass is 363 g/mol. The highest BCUT2D eigenvalue weighted by Crippen LogP contribution is 2.27. The highest BCUT2D eigenvalue weighted by Gasteiger charge is 2.10. The minimum absolute atomic E-state index is 0.159. The summed E-state index contributed by atoms with van der Waals surface area (Å²) in [7, 11) is 0. The van der Waals surface area contributed by atoms with Crippen molar-refractivity contribution >= 4 is 48.9 Å². The molecule has 0 spiro atoms. The average Bonchev–Trinajstić information content (AvgIpc) is 2.93. The predicted molar refractivity (Wildman–Crippen MR) is 87.7 cm³/mol. The van der Waals surface area contributed by atoms with Crippen molar-refractivity contribution in [3.8, 4) is 0 Å². The van der Waals surface area contributed by atoms with Gasteiger partial charge in [-0.1, -0.05) is 23.5 Å². The van der Waals surface area contributed by atoms with E-state index < -0.39 is 0 Å². The molecule has 21 heavy (non-hydrogen) atoms. The molecule has 0 bridgehead atoms. The van der Waals surface area contributed by atoms with Crippen molar-refractivity contribution in [1.29, 1.82) is 0 Å². The molecule has 1 aromatic carbocycles. The summed E-state index contributed by atoms with van der Waals surface area (Å²) >= 11 is 4.58. The summed E-state index contributed by atoms with van der Waals surface area (Å²) in [6, 6.07) is 11.2. The van der Waals surface area contributed by atoms with Crippen molar-refractivity contribution < 1.29 is 4.92 Å². The number of nitrogens with one attached hydrogen (secondary N) is 1. The minimum Gasteiger partial charge on any atom is -0.378 e. The highest BCUT2D eigenvalue weighted by atomic mass is 79.9. The van der Waals surface area contributed by atoms with Crippen LogP contribution in [0.1, 0.15) is 4.88 Å². The Morgan fingerprint density at radius 3 is 2.95 bits per heavy atom. The number of para-hydroxylation sites is 1. The van der Waals surface area contributed by atoms with Crippen LogP contribution in [-0.2, 0) is 6.54 Å². The Balaban J connectivity index is 1.83. The molecule has 0 atom stereocenters. The molecular formula is C14H10BrN3O2S. The Kier molecular flexibility index (Phi) is 3.85. The number of thiophene rings is 1. The number of pyridine rings is 1. The third-order valence-electron chi connectivity index (χ3n) is 2.96. The zero-order chi connectivity index (χ0) is 14.8. The van der Waals surface area contributed by atoms with Gasteiger partial charge in [0.2, 0.25) is 0 Å². The summed E-state index contributed by atoms with van der Waals surface area (Å²) in [5.74, 6) is 0. The molecule has 3 aromatic rings. The van der Waals surface area contributed by atoms with Gasteiger partial charge in [0.1, 0.15) is 0 Å². The van der Waals surface area contributed by atoms with Crippen LogP contribution in [-0.4, -0.2) is 9.91 Å². The molecular weight excluding hydrogens is 354 g/mol. The number of hydrogen-bond acceptors (Lipinski definition) is 5. The van der Waals surface area contributed by atoms with Gasteiger partial charge in [-0.15, -0.1) is 0 Å². The van der Waals surface area contributed by atoms with E-state index in [0.717, 1.165) is 25.9 Å². The third-order valence-corrected chi connectivity index (χ3v) is 4.43. The molecule has 0 aliphatic carbocycles. The van der Waals surface area contributed by atoms with Gasteiger partial charge in [0.15, 0.2) is 0 Å². The average molecular weight is 364 g/mol. The Bertz CT molecular complexity index is 819. The van der Waals surface area contributed by atoms with E-state index in [1.165, 1.54) is 17.4 Å². The third kappa shape index (κ3) is 3.03. The molecule has 106 valence electrons. The van der Waals surface area contributed by atoms with E-state index in [9.17, 15) is 10.1 Å². The second-order valence-electron chi connectivity index (χ2n) is 4.38. The maximum absolute atomic E-state index is 10.7. The molecule has 0 aliphatic rings. The smallest absolute Gasteiger partial charge is 0.324 e. The van der Waals surface area contributed by atoms with E-state index in [0.29, 0.717) is 6.54 Å².